The van der Waals surface area contributed by atoms with E-state index in [1.54, 1.807) is 13.2 Å². The van der Waals surface area contributed by atoms with Crippen molar-refractivity contribution in [3.05, 3.63) is 35.4 Å². The molecule has 0 bridgehead atoms. The van der Waals surface area contributed by atoms with Gasteiger partial charge in [-0.3, -0.25) is 0 Å². The molecule has 0 aliphatic heterocycles. The van der Waals surface area contributed by atoms with E-state index in [1.165, 1.54) is 25.7 Å². The van der Waals surface area contributed by atoms with Crippen molar-refractivity contribution in [2.75, 3.05) is 7.11 Å². The van der Waals surface area contributed by atoms with Crippen LogP contribution in [0.25, 0.3) is 0 Å². The lowest BCUT2D eigenvalue weighted by Crippen LogP contribution is -2.17. The zero-order valence-corrected chi connectivity index (χ0v) is 11.6. The lowest BCUT2D eigenvalue weighted by atomic mass is 10.1. The van der Waals surface area contributed by atoms with Gasteiger partial charge in [-0.2, -0.15) is 0 Å². The summed E-state index contributed by atoms with van der Waals surface area (Å²) in [6, 6.07) is 7.48. The van der Waals surface area contributed by atoms with Crippen LogP contribution in [-0.2, 0) is 16.1 Å². The number of carbonyl (C=O) groups excluding carboxylic acids is 1. The smallest absolute Gasteiger partial charge is 0.338 e. The largest absolute Gasteiger partial charge is 0.459 e. The Kier molecular flexibility index (Phi) is 5.40. The molecule has 0 saturated heterocycles. The minimum Gasteiger partial charge on any atom is -0.459 e. The van der Waals surface area contributed by atoms with E-state index in [2.05, 4.69) is 0 Å². The second kappa shape index (κ2) is 7.29. The summed E-state index contributed by atoms with van der Waals surface area (Å²) in [5.74, 6) is -0.204. The topological polar surface area (TPSA) is 35.5 Å². The van der Waals surface area contributed by atoms with Crippen molar-refractivity contribution >= 4 is 5.97 Å². The Labute approximate surface area is 114 Å². The maximum atomic E-state index is 12.1. The molecule has 1 aliphatic carbocycles. The van der Waals surface area contributed by atoms with Gasteiger partial charge < -0.3 is 9.47 Å². The molecule has 1 aromatic carbocycles. The normalized spacial score (nSPS) is 16.9. The molecule has 104 valence electrons. The molecule has 0 N–H and O–H groups in total. The summed E-state index contributed by atoms with van der Waals surface area (Å²) < 4.78 is 10.7. The Morgan fingerprint density at radius 3 is 2.63 bits per heavy atom. The van der Waals surface area contributed by atoms with Crippen LogP contribution in [0.1, 0.15) is 54.4 Å². The monoisotopic (exact) mass is 262 g/mol. The summed E-state index contributed by atoms with van der Waals surface area (Å²) in [7, 11) is 1.65. The fourth-order valence-corrected chi connectivity index (χ4v) is 2.53. The van der Waals surface area contributed by atoms with Crippen LogP contribution in [0.5, 0.6) is 0 Å². The average molecular weight is 262 g/mol. The molecule has 0 amide bonds. The Balaban J connectivity index is 1.96. The van der Waals surface area contributed by atoms with Crippen molar-refractivity contribution in [3.63, 3.8) is 0 Å². The molecule has 3 nitrogen and oxygen atoms in total. The Hall–Kier alpha value is -1.35. The van der Waals surface area contributed by atoms with Crippen LogP contribution in [0.2, 0.25) is 0 Å². The molecule has 0 heterocycles. The first-order chi connectivity index (χ1) is 9.29. The lowest BCUT2D eigenvalue weighted by Gasteiger charge is -2.15. The summed E-state index contributed by atoms with van der Waals surface area (Å²) >= 11 is 0. The first kappa shape index (κ1) is 14.1. The standard InChI is InChI=1S/C16H22O3/c1-18-12-13-7-6-8-14(11-13)16(17)19-15-9-4-2-3-5-10-15/h6-8,11,15H,2-5,9-10,12H2,1H3. The number of methoxy groups -OCH3 is 1. The predicted octanol–water partition coefficient (Wildman–Crippen LogP) is 3.71. The van der Waals surface area contributed by atoms with E-state index in [4.69, 9.17) is 9.47 Å². The van der Waals surface area contributed by atoms with E-state index in [-0.39, 0.29) is 12.1 Å². The van der Waals surface area contributed by atoms with E-state index >= 15 is 0 Å². The molecule has 0 unspecified atom stereocenters. The van der Waals surface area contributed by atoms with Crippen molar-refractivity contribution < 1.29 is 14.3 Å². The Bertz CT molecular complexity index is 406. The first-order valence-electron chi connectivity index (χ1n) is 7.08. The van der Waals surface area contributed by atoms with Crippen LogP contribution in [0.4, 0.5) is 0 Å². The minimum absolute atomic E-state index is 0.0982. The number of benzene rings is 1. The van der Waals surface area contributed by atoms with Gasteiger partial charge in [0.25, 0.3) is 0 Å². The molecule has 3 heteroatoms. The zero-order chi connectivity index (χ0) is 13.5. The van der Waals surface area contributed by atoms with Crippen molar-refractivity contribution in [2.45, 2.75) is 51.2 Å². The maximum Gasteiger partial charge on any atom is 0.338 e. The summed E-state index contributed by atoms with van der Waals surface area (Å²) in [4.78, 5) is 12.1. The van der Waals surface area contributed by atoms with Gasteiger partial charge in [0.2, 0.25) is 0 Å². The number of esters is 1. The third kappa shape index (κ3) is 4.35. The van der Waals surface area contributed by atoms with Crippen molar-refractivity contribution in [1.29, 1.82) is 0 Å². The average Bonchev–Trinajstić information content (AvgIpc) is 2.68. The van der Waals surface area contributed by atoms with Crippen molar-refractivity contribution in [3.8, 4) is 0 Å². The summed E-state index contributed by atoms with van der Waals surface area (Å²) in [5.41, 5.74) is 1.62. The number of rotatable bonds is 4. The molecular formula is C16H22O3. The number of carbonyl (C=O) groups is 1. The molecule has 0 spiro atoms. The lowest BCUT2D eigenvalue weighted by molar-refractivity contribution is 0.0267. The summed E-state index contributed by atoms with van der Waals surface area (Å²) in [5, 5.41) is 0. The van der Waals surface area contributed by atoms with E-state index in [1.807, 2.05) is 18.2 Å². The zero-order valence-electron chi connectivity index (χ0n) is 11.6. The molecule has 0 radical (unpaired) electrons. The fraction of sp³-hybridized carbons (Fsp3) is 0.562. The van der Waals surface area contributed by atoms with Gasteiger partial charge in [0, 0.05) is 7.11 Å². The molecule has 0 atom stereocenters. The van der Waals surface area contributed by atoms with E-state index < -0.39 is 0 Å². The molecular weight excluding hydrogens is 240 g/mol. The molecule has 0 aromatic heterocycles. The summed E-state index contributed by atoms with van der Waals surface area (Å²) in [6.45, 7) is 0.518. The molecule has 1 saturated carbocycles. The van der Waals surface area contributed by atoms with Gasteiger partial charge >= 0.3 is 5.97 Å². The fourth-order valence-electron chi connectivity index (χ4n) is 2.53. The van der Waals surface area contributed by atoms with Crippen LogP contribution in [-0.4, -0.2) is 19.2 Å². The van der Waals surface area contributed by atoms with Crippen molar-refractivity contribution in [2.24, 2.45) is 0 Å². The molecule has 1 aromatic rings. The van der Waals surface area contributed by atoms with Crippen LogP contribution in [0.3, 0.4) is 0 Å². The highest BCUT2D eigenvalue weighted by Gasteiger charge is 2.17. The number of hydrogen-bond acceptors (Lipinski definition) is 3. The Morgan fingerprint density at radius 1 is 1.21 bits per heavy atom. The van der Waals surface area contributed by atoms with Gasteiger partial charge in [-0.25, -0.2) is 4.79 Å². The van der Waals surface area contributed by atoms with Crippen LogP contribution in [0.15, 0.2) is 24.3 Å². The first-order valence-corrected chi connectivity index (χ1v) is 7.08. The third-order valence-corrected chi connectivity index (χ3v) is 3.55. The molecule has 19 heavy (non-hydrogen) atoms. The van der Waals surface area contributed by atoms with Gasteiger partial charge in [-0.15, -0.1) is 0 Å². The van der Waals surface area contributed by atoms with Crippen LogP contribution in [0, 0.1) is 0 Å². The second-order valence-corrected chi connectivity index (χ2v) is 5.15. The van der Waals surface area contributed by atoms with Gasteiger partial charge in [-0.05, 0) is 43.4 Å². The van der Waals surface area contributed by atoms with Crippen LogP contribution >= 0.6 is 0 Å². The SMILES string of the molecule is COCc1cccc(C(=O)OC2CCCCCC2)c1. The molecule has 1 aliphatic rings. The van der Waals surface area contributed by atoms with E-state index in [0.717, 1.165) is 18.4 Å². The number of hydrogen-bond donors (Lipinski definition) is 0. The molecule has 1 fully saturated rings. The van der Waals surface area contributed by atoms with E-state index in [9.17, 15) is 4.79 Å². The van der Waals surface area contributed by atoms with Crippen LogP contribution < -0.4 is 0 Å². The second-order valence-electron chi connectivity index (χ2n) is 5.15. The Morgan fingerprint density at radius 2 is 1.95 bits per heavy atom. The van der Waals surface area contributed by atoms with Crippen molar-refractivity contribution in [1.82, 2.24) is 0 Å². The maximum absolute atomic E-state index is 12.1. The molecule has 2 rings (SSSR count). The highest BCUT2D eigenvalue weighted by molar-refractivity contribution is 5.89. The summed E-state index contributed by atoms with van der Waals surface area (Å²) in [6.07, 6.45) is 6.96. The van der Waals surface area contributed by atoms with Gasteiger partial charge in [0.05, 0.1) is 12.2 Å². The quantitative estimate of drug-likeness (QED) is 0.613. The number of ether oxygens (including phenoxy) is 2. The third-order valence-electron chi connectivity index (χ3n) is 3.55. The van der Waals surface area contributed by atoms with Gasteiger partial charge in [0.1, 0.15) is 6.10 Å². The van der Waals surface area contributed by atoms with Gasteiger partial charge in [0.15, 0.2) is 0 Å². The highest BCUT2D eigenvalue weighted by Crippen LogP contribution is 2.21. The van der Waals surface area contributed by atoms with E-state index in [0.29, 0.717) is 12.2 Å². The van der Waals surface area contributed by atoms with Gasteiger partial charge in [-0.1, -0.05) is 25.0 Å². The highest BCUT2D eigenvalue weighted by atomic mass is 16.5. The predicted molar refractivity (Wildman–Crippen MR) is 74.1 cm³/mol. The minimum atomic E-state index is -0.204.